The Kier molecular flexibility index (Phi) is 4.90. The van der Waals surface area contributed by atoms with Crippen LogP contribution in [0.15, 0.2) is 30.3 Å². The molecule has 0 aliphatic carbocycles. The SMILES string of the molecule is NCCCCN1CC=C(c2ccc(F)cc2)CC1. The third kappa shape index (κ3) is 3.65. The molecular formula is C15H21FN2. The third-order valence-electron chi connectivity index (χ3n) is 3.44. The second kappa shape index (κ2) is 6.66. The molecule has 3 heteroatoms. The zero-order valence-electron chi connectivity index (χ0n) is 10.7. The number of unbranched alkanes of at least 4 members (excludes halogenated alkanes) is 1. The lowest BCUT2D eigenvalue weighted by Gasteiger charge is -2.26. The number of hydrogen-bond donors (Lipinski definition) is 1. The molecule has 0 atom stereocenters. The average molecular weight is 248 g/mol. The monoisotopic (exact) mass is 248 g/mol. The molecular weight excluding hydrogens is 227 g/mol. The molecule has 1 aromatic rings. The largest absolute Gasteiger partial charge is 0.330 e. The van der Waals surface area contributed by atoms with E-state index < -0.39 is 0 Å². The highest BCUT2D eigenvalue weighted by Gasteiger charge is 2.12. The number of rotatable bonds is 5. The van der Waals surface area contributed by atoms with E-state index in [0.717, 1.165) is 44.6 Å². The first-order chi connectivity index (χ1) is 8.79. The van der Waals surface area contributed by atoms with Crippen molar-refractivity contribution in [3.63, 3.8) is 0 Å². The van der Waals surface area contributed by atoms with Crippen LogP contribution in [0.3, 0.4) is 0 Å². The van der Waals surface area contributed by atoms with Crippen molar-refractivity contribution in [1.82, 2.24) is 4.90 Å². The van der Waals surface area contributed by atoms with Gasteiger partial charge in [0, 0.05) is 13.1 Å². The fourth-order valence-corrected chi connectivity index (χ4v) is 2.32. The molecule has 0 spiro atoms. The minimum absolute atomic E-state index is 0.168. The van der Waals surface area contributed by atoms with Gasteiger partial charge in [0.05, 0.1) is 0 Å². The van der Waals surface area contributed by atoms with Crippen molar-refractivity contribution in [2.75, 3.05) is 26.2 Å². The summed E-state index contributed by atoms with van der Waals surface area (Å²) in [5, 5.41) is 0. The minimum Gasteiger partial charge on any atom is -0.330 e. The smallest absolute Gasteiger partial charge is 0.123 e. The van der Waals surface area contributed by atoms with E-state index in [1.165, 1.54) is 24.1 Å². The number of nitrogens with zero attached hydrogens (tertiary/aromatic N) is 1. The number of nitrogens with two attached hydrogens (primary N) is 1. The Hall–Kier alpha value is -1.19. The summed E-state index contributed by atoms with van der Waals surface area (Å²) in [6.45, 7) is 4.00. The van der Waals surface area contributed by atoms with E-state index >= 15 is 0 Å². The highest BCUT2D eigenvalue weighted by atomic mass is 19.1. The summed E-state index contributed by atoms with van der Waals surface area (Å²) in [4.78, 5) is 2.45. The summed E-state index contributed by atoms with van der Waals surface area (Å²) in [6, 6.07) is 6.80. The van der Waals surface area contributed by atoms with Crippen LogP contribution in [0, 0.1) is 5.82 Å². The Morgan fingerprint density at radius 1 is 1.17 bits per heavy atom. The summed E-state index contributed by atoms with van der Waals surface area (Å²) < 4.78 is 12.9. The summed E-state index contributed by atoms with van der Waals surface area (Å²) >= 11 is 0. The predicted octanol–water partition coefficient (Wildman–Crippen LogP) is 2.65. The fraction of sp³-hybridized carbons (Fsp3) is 0.467. The van der Waals surface area contributed by atoms with E-state index in [2.05, 4.69) is 11.0 Å². The summed E-state index contributed by atoms with van der Waals surface area (Å²) in [5.74, 6) is -0.168. The molecule has 1 aliphatic heterocycles. The van der Waals surface area contributed by atoms with Crippen LogP contribution >= 0.6 is 0 Å². The molecule has 1 aliphatic rings. The zero-order valence-corrected chi connectivity index (χ0v) is 10.7. The highest BCUT2D eigenvalue weighted by Crippen LogP contribution is 2.22. The van der Waals surface area contributed by atoms with Crippen LogP contribution in [-0.2, 0) is 0 Å². The van der Waals surface area contributed by atoms with Crippen molar-refractivity contribution in [3.05, 3.63) is 41.7 Å². The van der Waals surface area contributed by atoms with Gasteiger partial charge in [0.25, 0.3) is 0 Å². The van der Waals surface area contributed by atoms with Crippen LogP contribution in [0.2, 0.25) is 0 Å². The molecule has 0 amide bonds. The van der Waals surface area contributed by atoms with Gasteiger partial charge in [-0.2, -0.15) is 0 Å². The van der Waals surface area contributed by atoms with Crippen molar-refractivity contribution in [3.8, 4) is 0 Å². The lowest BCUT2D eigenvalue weighted by atomic mass is 9.99. The standard InChI is InChI=1S/C15H21FN2/c16-15-5-3-13(4-6-15)14-7-11-18(12-8-14)10-2-1-9-17/h3-7H,1-2,8-12,17H2. The van der Waals surface area contributed by atoms with E-state index in [-0.39, 0.29) is 5.82 Å². The number of hydrogen-bond acceptors (Lipinski definition) is 2. The Morgan fingerprint density at radius 3 is 2.56 bits per heavy atom. The van der Waals surface area contributed by atoms with Gasteiger partial charge in [-0.3, -0.25) is 4.90 Å². The topological polar surface area (TPSA) is 29.3 Å². The molecule has 2 N–H and O–H groups in total. The first kappa shape index (κ1) is 13.2. The Morgan fingerprint density at radius 2 is 1.94 bits per heavy atom. The van der Waals surface area contributed by atoms with E-state index in [1.54, 1.807) is 0 Å². The Balaban J connectivity index is 1.88. The van der Waals surface area contributed by atoms with Gasteiger partial charge in [0.2, 0.25) is 0 Å². The van der Waals surface area contributed by atoms with Crippen LogP contribution in [0.25, 0.3) is 5.57 Å². The van der Waals surface area contributed by atoms with Crippen molar-refractivity contribution < 1.29 is 4.39 Å². The predicted molar refractivity (Wildman–Crippen MR) is 73.7 cm³/mol. The Labute approximate surface area is 108 Å². The molecule has 0 saturated heterocycles. The first-order valence-corrected chi connectivity index (χ1v) is 6.67. The second-order valence-corrected chi connectivity index (χ2v) is 4.78. The van der Waals surface area contributed by atoms with E-state index in [0.29, 0.717) is 0 Å². The van der Waals surface area contributed by atoms with Gasteiger partial charge in [-0.1, -0.05) is 18.2 Å². The van der Waals surface area contributed by atoms with Gasteiger partial charge in [-0.05, 0) is 55.6 Å². The van der Waals surface area contributed by atoms with Crippen LogP contribution in [0.4, 0.5) is 4.39 Å². The van der Waals surface area contributed by atoms with Crippen molar-refractivity contribution in [2.24, 2.45) is 5.73 Å². The maximum atomic E-state index is 12.9. The molecule has 0 radical (unpaired) electrons. The second-order valence-electron chi connectivity index (χ2n) is 4.78. The quantitative estimate of drug-likeness (QED) is 0.812. The highest BCUT2D eigenvalue weighted by molar-refractivity contribution is 5.66. The van der Waals surface area contributed by atoms with Crippen LogP contribution in [-0.4, -0.2) is 31.1 Å². The minimum atomic E-state index is -0.168. The summed E-state index contributed by atoms with van der Waals surface area (Å²) in [5.41, 5.74) is 7.98. The average Bonchev–Trinajstić information content (AvgIpc) is 2.41. The normalized spacial score (nSPS) is 16.7. The van der Waals surface area contributed by atoms with Gasteiger partial charge in [0.15, 0.2) is 0 Å². The molecule has 0 saturated carbocycles. The molecule has 2 rings (SSSR count). The van der Waals surface area contributed by atoms with Gasteiger partial charge < -0.3 is 5.73 Å². The van der Waals surface area contributed by atoms with Crippen molar-refractivity contribution >= 4 is 5.57 Å². The van der Waals surface area contributed by atoms with E-state index in [4.69, 9.17) is 5.73 Å². The fourth-order valence-electron chi connectivity index (χ4n) is 2.32. The lowest BCUT2D eigenvalue weighted by Crippen LogP contribution is -2.29. The molecule has 0 unspecified atom stereocenters. The number of benzene rings is 1. The molecule has 0 bridgehead atoms. The molecule has 0 aromatic heterocycles. The van der Waals surface area contributed by atoms with Gasteiger partial charge in [-0.15, -0.1) is 0 Å². The van der Waals surface area contributed by atoms with Gasteiger partial charge in [-0.25, -0.2) is 4.39 Å². The summed E-state index contributed by atoms with van der Waals surface area (Å²) in [6.07, 6.45) is 5.59. The van der Waals surface area contributed by atoms with Gasteiger partial charge in [0.1, 0.15) is 5.82 Å². The maximum absolute atomic E-state index is 12.9. The van der Waals surface area contributed by atoms with Crippen molar-refractivity contribution in [1.29, 1.82) is 0 Å². The summed E-state index contributed by atoms with van der Waals surface area (Å²) in [7, 11) is 0. The third-order valence-corrected chi connectivity index (χ3v) is 3.44. The van der Waals surface area contributed by atoms with Crippen LogP contribution in [0.5, 0.6) is 0 Å². The number of halogens is 1. The molecule has 1 heterocycles. The molecule has 1 aromatic carbocycles. The molecule has 98 valence electrons. The van der Waals surface area contributed by atoms with Gasteiger partial charge >= 0.3 is 0 Å². The van der Waals surface area contributed by atoms with Crippen LogP contribution in [0.1, 0.15) is 24.8 Å². The first-order valence-electron chi connectivity index (χ1n) is 6.67. The van der Waals surface area contributed by atoms with Crippen LogP contribution < -0.4 is 5.73 Å². The molecule has 2 nitrogen and oxygen atoms in total. The Bertz CT molecular complexity index is 397. The van der Waals surface area contributed by atoms with Crippen molar-refractivity contribution in [2.45, 2.75) is 19.3 Å². The lowest BCUT2D eigenvalue weighted by molar-refractivity contribution is 0.296. The zero-order chi connectivity index (χ0) is 12.8. The van der Waals surface area contributed by atoms with E-state index in [9.17, 15) is 4.39 Å². The molecule has 0 fully saturated rings. The molecule has 18 heavy (non-hydrogen) atoms. The maximum Gasteiger partial charge on any atom is 0.123 e. The van der Waals surface area contributed by atoms with E-state index in [1.807, 2.05) is 12.1 Å².